The molecule has 0 bridgehead atoms. The Labute approximate surface area is 158 Å². The lowest BCUT2D eigenvalue weighted by atomic mass is 10.1. The third kappa shape index (κ3) is 4.32. The molecule has 0 spiro atoms. The topological polar surface area (TPSA) is 60.0 Å². The quantitative estimate of drug-likeness (QED) is 0.798. The van der Waals surface area contributed by atoms with Gasteiger partial charge < -0.3 is 24.4 Å². The molecule has 0 saturated heterocycles. The molecular weight excluding hydrogens is 356 g/mol. The SMILES string of the molecule is COc1cc(NC(=O)N(C)C(C)c2ccc(Cl)cc2)cc(OC)c1OC. The number of nitrogens with zero attached hydrogens (tertiary/aromatic N) is 1. The van der Waals surface area contributed by atoms with Gasteiger partial charge in [-0.25, -0.2) is 4.79 Å². The van der Waals surface area contributed by atoms with E-state index in [1.54, 1.807) is 36.2 Å². The first-order valence-electron chi connectivity index (χ1n) is 8.00. The Morgan fingerprint density at radius 1 is 1.04 bits per heavy atom. The third-order valence-corrected chi connectivity index (χ3v) is 4.42. The number of rotatable bonds is 6. The predicted molar refractivity (Wildman–Crippen MR) is 103 cm³/mol. The van der Waals surface area contributed by atoms with Crippen LogP contribution >= 0.6 is 11.6 Å². The molecule has 0 heterocycles. The number of anilines is 1. The van der Waals surface area contributed by atoms with E-state index in [-0.39, 0.29) is 12.1 Å². The lowest BCUT2D eigenvalue weighted by molar-refractivity contribution is 0.208. The smallest absolute Gasteiger partial charge is 0.322 e. The molecule has 0 aliphatic heterocycles. The molecule has 1 unspecified atom stereocenters. The molecule has 2 aromatic carbocycles. The summed E-state index contributed by atoms with van der Waals surface area (Å²) < 4.78 is 15.9. The fourth-order valence-corrected chi connectivity index (χ4v) is 2.63. The van der Waals surface area contributed by atoms with Crippen LogP contribution in [0.5, 0.6) is 17.2 Å². The first-order chi connectivity index (χ1) is 12.4. The minimum absolute atomic E-state index is 0.130. The zero-order valence-electron chi connectivity index (χ0n) is 15.5. The molecule has 0 saturated carbocycles. The van der Waals surface area contributed by atoms with Crippen molar-refractivity contribution in [2.45, 2.75) is 13.0 Å². The molecule has 0 aliphatic rings. The van der Waals surface area contributed by atoms with Crippen LogP contribution in [0.25, 0.3) is 0 Å². The maximum Gasteiger partial charge on any atom is 0.322 e. The number of methoxy groups -OCH3 is 3. The highest BCUT2D eigenvalue weighted by molar-refractivity contribution is 6.30. The van der Waals surface area contributed by atoms with Crippen LogP contribution in [0.2, 0.25) is 5.02 Å². The van der Waals surface area contributed by atoms with E-state index in [2.05, 4.69) is 5.32 Å². The van der Waals surface area contributed by atoms with Gasteiger partial charge in [0.25, 0.3) is 0 Å². The Balaban J connectivity index is 2.19. The number of hydrogen-bond acceptors (Lipinski definition) is 4. The van der Waals surface area contributed by atoms with Crippen molar-refractivity contribution in [3.63, 3.8) is 0 Å². The second-order valence-electron chi connectivity index (χ2n) is 5.68. The van der Waals surface area contributed by atoms with Crippen LogP contribution in [-0.2, 0) is 0 Å². The van der Waals surface area contributed by atoms with Crippen molar-refractivity contribution in [3.05, 3.63) is 47.0 Å². The maximum atomic E-state index is 12.6. The summed E-state index contributed by atoms with van der Waals surface area (Å²) in [7, 11) is 6.31. The van der Waals surface area contributed by atoms with Gasteiger partial charge in [-0.2, -0.15) is 0 Å². The van der Waals surface area contributed by atoms with Crippen molar-refractivity contribution >= 4 is 23.3 Å². The number of hydrogen-bond donors (Lipinski definition) is 1. The number of ether oxygens (including phenoxy) is 3. The molecule has 1 atom stereocenters. The van der Waals surface area contributed by atoms with Crippen LogP contribution in [0, 0.1) is 0 Å². The molecule has 0 fully saturated rings. The highest BCUT2D eigenvalue weighted by Gasteiger charge is 2.19. The Hall–Kier alpha value is -2.60. The van der Waals surface area contributed by atoms with E-state index >= 15 is 0 Å². The normalized spacial score (nSPS) is 11.5. The van der Waals surface area contributed by atoms with Crippen LogP contribution < -0.4 is 19.5 Å². The zero-order chi connectivity index (χ0) is 19.3. The van der Waals surface area contributed by atoms with E-state index in [1.807, 2.05) is 19.1 Å². The zero-order valence-corrected chi connectivity index (χ0v) is 16.3. The van der Waals surface area contributed by atoms with Gasteiger partial charge in [-0.1, -0.05) is 23.7 Å². The Bertz CT molecular complexity index is 740. The van der Waals surface area contributed by atoms with Crippen LogP contribution in [0.3, 0.4) is 0 Å². The first kappa shape index (κ1) is 19.7. The Kier molecular flexibility index (Phi) is 6.58. The number of nitrogens with one attached hydrogen (secondary N) is 1. The predicted octanol–water partition coefficient (Wildman–Crippen LogP) is 4.59. The van der Waals surface area contributed by atoms with Crippen LogP contribution in [0.4, 0.5) is 10.5 Å². The van der Waals surface area contributed by atoms with E-state index in [1.165, 1.54) is 21.3 Å². The molecule has 140 valence electrons. The summed E-state index contributed by atoms with van der Waals surface area (Å²) in [5.74, 6) is 1.40. The highest BCUT2D eigenvalue weighted by atomic mass is 35.5. The van der Waals surface area contributed by atoms with E-state index < -0.39 is 0 Å². The summed E-state index contributed by atoms with van der Waals surface area (Å²) in [5.41, 5.74) is 1.52. The van der Waals surface area contributed by atoms with Crippen molar-refractivity contribution in [1.82, 2.24) is 4.90 Å². The minimum Gasteiger partial charge on any atom is -0.493 e. The lowest BCUT2D eigenvalue weighted by Gasteiger charge is -2.26. The number of benzene rings is 2. The average Bonchev–Trinajstić information content (AvgIpc) is 2.66. The molecule has 0 aliphatic carbocycles. The second-order valence-corrected chi connectivity index (χ2v) is 6.12. The molecule has 1 N–H and O–H groups in total. The van der Waals surface area contributed by atoms with Crippen molar-refractivity contribution in [1.29, 1.82) is 0 Å². The van der Waals surface area contributed by atoms with Gasteiger partial charge in [-0.05, 0) is 24.6 Å². The molecule has 0 aromatic heterocycles. The summed E-state index contributed by atoms with van der Waals surface area (Å²) in [6.45, 7) is 1.94. The van der Waals surface area contributed by atoms with E-state index in [9.17, 15) is 4.79 Å². The van der Waals surface area contributed by atoms with Crippen molar-refractivity contribution in [2.24, 2.45) is 0 Å². The summed E-state index contributed by atoms with van der Waals surface area (Å²) in [6, 6.07) is 10.4. The largest absolute Gasteiger partial charge is 0.493 e. The highest BCUT2D eigenvalue weighted by Crippen LogP contribution is 2.40. The molecule has 7 heteroatoms. The Morgan fingerprint density at radius 2 is 1.58 bits per heavy atom. The fraction of sp³-hybridized carbons (Fsp3) is 0.316. The second kappa shape index (κ2) is 8.67. The average molecular weight is 379 g/mol. The Morgan fingerprint density at radius 3 is 2.04 bits per heavy atom. The van der Waals surface area contributed by atoms with E-state index in [0.29, 0.717) is 28.0 Å². The van der Waals surface area contributed by atoms with Crippen LogP contribution in [-0.4, -0.2) is 39.3 Å². The molecule has 2 aromatic rings. The molecule has 2 rings (SSSR count). The van der Waals surface area contributed by atoms with Gasteiger partial charge in [0.1, 0.15) is 0 Å². The molecule has 6 nitrogen and oxygen atoms in total. The minimum atomic E-state index is -0.262. The van der Waals surface area contributed by atoms with Gasteiger partial charge in [-0.15, -0.1) is 0 Å². The maximum absolute atomic E-state index is 12.6. The number of carbonyl (C=O) groups is 1. The van der Waals surface area contributed by atoms with Crippen LogP contribution in [0.15, 0.2) is 36.4 Å². The number of urea groups is 1. The lowest BCUT2D eigenvalue weighted by Crippen LogP contribution is -2.33. The number of carbonyl (C=O) groups excluding carboxylic acids is 1. The van der Waals surface area contributed by atoms with E-state index in [4.69, 9.17) is 25.8 Å². The molecule has 26 heavy (non-hydrogen) atoms. The monoisotopic (exact) mass is 378 g/mol. The van der Waals surface area contributed by atoms with Gasteiger partial charge >= 0.3 is 6.03 Å². The van der Waals surface area contributed by atoms with Gasteiger partial charge in [0.05, 0.1) is 33.1 Å². The molecule has 0 radical (unpaired) electrons. The molecule has 2 amide bonds. The van der Waals surface area contributed by atoms with E-state index in [0.717, 1.165) is 5.56 Å². The summed E-state index contributed by atoms with van der Waals surface area (Å²) in [4.78, 5) is 14.2. The van der Waals surface area contributed by atoms with Crippen molar-refractivity contribution in [2.75, 3.05) is 33.7 Å². The molecular formula is C19H23ClN2O4. The number of amides is 2. The van der Waals surface area contributed by atoms with Gasteiger partial charge in [0, 0.05) is 24.2 Å². The third-order valence-electron chi connectivity index (χ3n) is 4.17. The van der Waals surface area contributed by atoms with Gasteiger partial charge in [0.15, 0.2) is 11.5 Å². The summed E-state index contributed by atoms with van der Waals surface area (Å²) >= 11 is 5.92. The fourth-order valence-electron chi connectivity index (χ4n) is 2.51. The first-order valence-corrected chi connectivity index (χ1v) is 8.38. The van der Waals surface area contributed by atoms with Gasteiger partial charge in [-0.3, -0.25) is 0 Å². The number of halogens is 1. The van der Waals surface area contributed by atoms with Crippen molar-refractivity contribution < 1.29 is 19.0 Å². The standard InChI is InChI=1S/C19H23ClN2O4/c1-12(13-6-8-14(20)9-7-13)22(2)19(23)21-15-10-16(24-3)18(26-5)17(11-15)25-4/h6-12H,1-5H3,(H,21,23). The van der Waals surface area contributed by atoms with Crippen LogP contribution in [0.1, 0.15) is 18.5 Å². The van der Waals surface area contributed by atoms with Gasteiger partial charge in [0.2, 0.25) is 5.75 Å². The van der Waals surface area contributed by atoms with Crippen molar-refractivity contribution in [3.8, 4) is 17.2 Å². The summed E-state index contributed by atoms with van der Waals surface area (Å²) in [5, 5.41) is 3.51. The summed E-state index contributed by atoms with van der Waals surface area (Å²) in [6.07, 6.45) is 0.